The third kappa shape index (κ3) is 2.70. The monoisotopic (exact) mass is 184 g/mol. The van der Waals surface area contributed by atoms with Gasteiger partial charge in [-0.2, -0.15) is 0 Å². The Balaban J connectivity index is 2.48. The van der Waals surface area contributed by atoms with Crippen LogP contribution in [0.15, 0.2) is 0 Å². The second-order valence-electron chi connectivity index (χ2n) is 6.11. The van der Waals surface area contributed by atoms with Gasteiger partial charge in [0.05, 0.1) is 0 Å². The molecule has 0 unspecified atom stereocenters. The van der Waals surface area contributed by atoms with E-state index in [4.69, 9.17) is 0 Å². The van der Waals surface area contributed by atoms with Crippen LogP contribution in [0.3, 0.4) is 0 Å². The average molecular weight is 184 g/mol. The SMILES string of the molecule is CC1(CO)CCC(C(C)(C)C)CC1. The van der Waals surface area contributed by atoms with E-state index >= 15 is 0 Å². The van der Waals surface area contributed by atoms with Crippen LogP contribution in [0.1, 0.15) is 53.4 Å². The molecule has 1 saturated carbocycles. The Bertz CT molecular complexity index is 158. The van der Waals surface area contributed by atoms with Gasteiger partial charge in [0.1, 0.15) is 0 Å². The minimum absolute atomic E-state index is 0.224. The Kier molecular flexibility index (Phi) is 3.06. The molecule has 0 aromatic rings. The van der Waals surface area contributed by atoms with Crippen molar-refractivity contribution in [3.8, 4) is 0 Å². The summed E-state index contributed by atoms with van der Waals surface area (Å²) in [5.74, 6) is 0.854. The number of aliphatic hydroxyl groups is 1. The zero-order valence-electron chi connectivity index (χ0n) is 9.56. The lowest BCUT2D eigenvalue weighted by Gasteiger charge is -2.41. The molecular formula is C12H24O. The van der Waals surface area contributed by atoms with Gasteiger partial charge in [-0.05, 0) is 42.4 Å². The minimum Gasteiger partial charge on any atom is -0.396 e. The van der Waals surface area contributed by atoms with Crippen LogP contribution in [0.5, 0.6) is 0 Å². The Morgan fingerprint density at radius 3 is 2.00 bits per heavy atom. The molecule has 1 N–H and O–H groups in total. The molecule has 0 spiro atoms. The summed E-state index contributed by atoms with van der Waals surface area (Å²) in [6.45, 7) is 9.58. The smallest absolute Gasteiger partial charge is 0.0484 e. The van der Waals surface area contributed by atoms with Gasteiger partial charge in [-0.15, -0.1) is 0 Å². The summed E-state index contributed by atoms with van der Waals surface area (Å²) in [7, 11) is 0. The van der Waals surface area contributed by atoms with E-state index in [0.717, 1.165) is 5.92 Å². The summed E-state index contributed by atoms with van der Waals surface area (Å²) < 4.78 is 0. The molecule has 0 bridgehead atoms. The molecule has 0 amide bonds. The molecule has 1 aliphatic carbocycles. The summed E-state index contributed by atoms with van der Waals surface area (Å²) >= 11 is 0. The van der Waals surface area contributed by atoms with Crippen molar-refractivity contribution in [3.05, 3.63) is 0 Å². The van der Waals surface area contributed by atoms with Crippen LogP contribution in [0.2, 0.25) is 0 Å². The summed E-state index contributed by atoms with van der Waals surface area (Å²) in [5.41, 5.74) is 0.679. The number of rotatable bonds is 1. The van der Waals surface area contributed by atoms with Crippen molar-refractivity contribution in [2.75, 3.05) is 6.61 Å². The van der Waals surface area contributed by atoms with Gasteiger partial charge in [0.15, 0.2) is 0 Å². The molecule has 0 aliphatic heterocycles. The first-order valence-corrected chi connectivity index (χ1v) is 5.48. The van der Waals surface area contributed by atoms with Gasteiger partial charge < -0.3 is 5.11 Å². The highest BCUT2D eigenvalue weighted by Crippen LogP contribution is 2.44. The van der Waals surface area contributed by atoms with Crippen LogP contribution in [-0.4, -0.2) is 11.7 Å². The van der Waals surface area contributed by atoms with Gasteiger partial charge >= 0.3 is 0 Å². The lowest BCUT2D eigenvalue weighted by molar-refractivity contribution is 0.0504. The fourth-order valence-electron chi connectivity index (χ4n) is 2.34. The first-order valence-electron chi connectivity index (χ1n) is 5.48. The fraction of sp³-hybridized carbons (Fsp3) is 1.00. The van der Waals surface area contributed by atoms with Crippen molar-refractivity contribution in [2.24, 2.45) is 16.7 Å². The molecule has 78 valence electrons. The second kappa shape index (κ2) is 3.61. The van der Waals surface area contributed by atoms with Gasteiger partial charge in [-0.25, -0.2) is 0 Å². The Morgan fingerprint density at radius 2 is 1.69 bits per heavy atom. The average Bonchev–Trinajstić information content (AvgIpc) is 2.04. The highest BCUT2D eigenvalue weighted by Gasteiger charge is 2.35. The first-order chi connectivity index (χ1) is 5.87. The van der Waals surface area contributed by atoms with Crippen LogP contribution in [0.25, 0.3) is 0 Å². The molecule has 1 fully saturated rings. The van der Waals surface area contributed by atoms with E-state index in [1.807, 2.05) is 0 Å². The number of hydrogen-bond acceptors (Lipinski definition) is 1. The zero-order chi connectivity index (χ0) is 10.1. The molecule has 0 aromatic heterocycles. The topological polar surface area (TPSA) is 20.2 Å². The lowest BCUT2D eigenvalue weighted by Crippen LogP contribution is -2.32. The van der Waals surface area contributed by atoms with E-state index in [0.29, 0.717) is 12.0 Å². The Labute approximate surface area is 82.5 Å². The molecule has 0 heterocycles. The summed E-state index contributed by atoms with van der Waals surface area (Å²) in [6.07, 6.45) is 4.98. The zero-order valence-corrected chi connectivity index (χ0v) is 9.56. The summed E-state index contributed by atoms with van der Waals surface area (Å²) in [4.78, 5) is 0. The van der Waals surface area contributed by atoms with Crippen molar-refractivity contribution >= 4 is 0 Å². The van der Waals surface area contributed by atoms with Crippen molar-refractivity contribution < 1.29 is 5.11 Å². The van der Waals surface area contributed by atoms with Crippen LogP contribution >= 0.6 is 0 Å². The van der Waals surface area contributed by atoms with Crippen molar-refractivity contribution in [3.63, 3.8) is 0 Å². The van der Waals surface area contributed by atoms with Crippen LogP contribution in [0, 0.1) is 16.7 Å². The van der Waals surface area contributed by atoms with Crippen LogP contribution < -0.4 is 0 Å². The quantitative estimate of drug-likeness (QED) is 0.663. The van der Waals surface area contributed by atoms with Gasteiger partial charge in [0, 0.05) is 6.61 Å². The van der Waals surface area contributed by atoms with E-state index in [-0.39, 0.29) is 5.41 Å². The maximum Gasteiger partial charge on any atom is 0.0484 e. The normalized spacial score (nSPS) is 36.2. The maximum atomic E-state index is 9.24. The molecule has 0 saturated heterocycles. The van der Waals surface area contributed by atoms with E-state index < -0.39 is 0 Å². The molecule has 1 nitrogen and oxygen atoms in total. The lowest BCUT2D eigenvalue weighted by atomic mass is 9.65. The van der Waals surface area contributed by atoms with Gasteiger partial charge in [0.25, 0.3) is 0 Å². The summed E-state index contributed by atoms with van der Waals surface area (Å²) in [5, 5.41) is 9.24. The third-order valence-electron chi connectivity index (χ3n) is 3.80. The van der Waals surface area contributed by atoms with E-state index in [9.17, 15) is 5.11 Å². The Hall–Kier alpha value is -0.0400. The van der Waals surface area contributed by atoms with Gasteiger partial charge in [-0.3, -0.25) is 0 Å². The standard InChI is InChI=1S/C12H24O/c1-11(2,3)10-5-7-12(4,9-13)8-6-10/h10,13H,5-9H2,1-4H3. The predicted octanol–water partition coefficient (Wildman–Crippen LogP) is 3.22. The Morgan fingerprint density at radius 1 is 1.23 bits per heavy atom. The fourth-order valence-corrected chi connectivity index (χ4v) is 2.34. The van der Waals surface area contributed by atoms with Crippen molar-refractivity contribution in [1.82, 2.24) is 0 Å². The molecule has 0 aromatic carbocycles. The third-order valence-corrected chi connectivity index (χ3v) is 3.80. The molecular weight excluding hydrogens is 160 g/mol. The molecule has 1 aliphatic rings. The molecule has 1 rings (SSSR count). The first kappa shape index (κ1) is 11.0. The van der Waals surface area contributed by atoms with E-state index in [2.05, 4.69) is 27.7 Å². The van der Waals surface area contributed by atoms with Gasteiger partial charge in [0.2, 0.25) is 0 Å². The largest absolute Gasteiger partial charge is 0.396 e. The predicted molar refractivity (Wildman–Crippen MR) is 56.6 cm³/mol. The minimum atomic E-state index is 0.224. The number of aliphatic hydroxyl groups excluding tert-OH is 1. The highest BCUT2D eigenvalue weighted by molar-refractivity contribution is 4.86. The van der Waals surface area contributed by atoms with Crippen LogP contribution in [0.4, 0.5) is 0 Å². The summed E-state index contributed by atoms with van der Waals surface area (Å²) in [6, 6.07) is 0. The highest BCUT2D eigenvalue weighted by atomic mass is 16.3. The van der Waals surface area contributed by atoms with Gasteiger partial charge in [-0.1, -0.05) is 27.7 Å². The van der Waals surface area contributed by atoms with Crippen molar-refractivity contribution in [1.29, 1.82) is 0 Å². The second-order valence-corrected chi connectivity index (χ2v) is 6.11. The molecule has 1 heteroatoms. The van der Waals surface area contributed by atoms with E-state index in [1.54, 1.807) is 0 Å². The maximum absolute atomic E-state index is 9.24. The molecule has 13 heavy (non-hydrogen) atoms. The number of hydrogen-bond donors (Lipinski definition) is 1. The van der Waals surface area contributed by atoms with Crippen molar-refractivity contribution in [2.45, 2.75) is 53.4 Å². The molecule has 0 atom stereocenters. The van der Waals surface area contributed by atoms with E-state index in [1.165, 1.54) is 25.7 Å². The molecule has 0 radical (unpaired) electrons. The van der Waals surface area contributed by atoms with Crippen LogP contribution in [-0.2, 0) is 0 Å².